The lowest BCUT2D eigenvalue weighted by Crippen LogP contribution is -2.38. The lowest BCUT2D eigenvalue weighted by molar-refractivity contribution is -0.120. The normalized spacial score (nSPS) is 11.3. The molecule has 9 heteroatoms. The Morgan fingerprint density at radius 1 is 1.35 bits per heavy atom. The molecule has 20 heavy (non-hydrogen) atoms. The van der Waals surface area contributed by atoms with Crippen LogP contribution in [-0.2, 0) is 19.6 Å². The number of amides is 1. The quantitative estimate of drug-likeness (QED) is 0.695. The first-order chi connectivity index (χ1) is 9.36. The molecule has 0 heterocycles. The monoisotopic (exact) mass is 308 g/mol. The second-order valence-electron chi connectivity index (χ2n) is 3.74. The predicted molar refractivity (Wildman–Crippen MR) is 66.4 cm³/mol. The summed E-state index contributed by atoms with van der Waals surface area (Å²) in [5.41, 5.74) is 0. The minimum atomic E-state index is -4.30. The van der Waals surface area contributed by atoms with E-state index in [0.717, 1.165) is 6.07 Å². The molecule has 0 unspecified atom stereocenters. The Hall–Kier alpha value is -1.58. The topological polar surface area (TPSA) is 84.5 Å². The van der Waals surface area contributed by atoms with Crippen LogP contribution in [0.3, 0.4) is 0 Å². The highest BCUT2D eigenvalue weighted by Crippen LogP contribution is 2.15. The third kappa shape index (κ3) is 4.83. The highest BCUT2D eigenvalue weighted by atomic mass is 32.2. The summed E-state index contributed by atoms with van der Waals surface area (Å²) < 4.78 is 56.3. The van der Waals surface area contributed by atoms with Gasteiger partial charge < -0.3 is 10.1 Å². The number of methoxy groups -OCH3 is 1. The minimum Gasteiger partial charge on any atom is -0.383 e. The molecule has 112 valence electrons. The van der Waals surface area contributed by atoms with E-state index in [2.05, 4.69) is 5.32 Å². The number of halogens is 2. The first kappa shape index (κ1) is 16.5. The lowest BCUT2D eigenvalue weighted by Gasteiger charge is -2.08. The zero-order chi connectivity index (χ0) is 15.2. The predicted octanol–water partition coefficient (Wildman–Crippen LogP) is 0.00570. The fourth-order valence-electron chi connectivity index (χ4n) is 1.28. The van der Waals surface area contributed by atoms with Crippen molar-refractivity contribution >= 4 is 15.9 Å². The number of ether oxygens (including phenoxy) is 1. The van der Waals surface area contributed by atoms with Crippen LogP contribution in [0.5, 0.6) is 0 Å². The fraction of sp³-hybridized carbons (Fsp3) is 0.364. The maximum Gasteiger partial charge on any atom is 0.244 e. The number of carbonyl (C=O) groups excluding carboxylic acids is 1. The summed E-state index contributed by atoms with van der Waals surface area (Å²) >= 11 is 0. The van der Waals surface area contributed by atoms with Gasteiger partial charge in [-0.3, -0.25) is 4.79 Å². The molecule has 0 saturated carbocycles. The van der Waals surface area contributed by atoms with Crippen molar-refractivity contribution in [1.82, 2.24) is 10.0 Å². The smallest absolute Gasteiger partial charge is 0.244 e. The van der Waals surface area contributed by atoms with Gasteiger partial charge in [0, 0.05) is 13.7 Å². The molecule has 0 spiro atoms. The Balaban J connectivity index is 2.66. The van der Waals surface area contributed by atoms with Crippen molar-refractivity contribution < 1.29 is 26.7 Å². The number of rotatable bonds is 7. The van der Waals surface area contributed by atoms with Gasteiger partial charge in [0.05, 0.1) is 13.2 Å². The van der Waals surface area contributed by atoms with Gasteiger partial charge in [0.25, 0.3) is 0 Å². The standard InChI is InChI=1S/C11H14F2N2O4S/c1-19-5-4-14-11(16)7-15-20(17,18)10-6-8(12)2-3-9(10)13/h2-3,6,15H,4-5,7H2,1H3,(H,14,16). The Morgan fingerprint density at radius 3 is 2.70 bits per heavy atom. The van der Waals surface area contributed by atoms with Crippen molar-refractivity contribution in [2.75, 3.05) is 26.8 Å². The van der Waals surface area contributed by atoms with Crippen LogP contribution in [0.4, 0.5) is 8.78 Å². The van der Waals surface area contributed by atoms with Gasteiger partial charge in [-0.2, -0.15) is 0 Å². The van der Waals surface area contributed by atoms with Gasteiger partial charge >= 0.3 is 0 Å². The summed E-state index contributed by atoms with van der Waals surface area (Å²) in [5, 5.41) is 2.37. The number of carbonyl (C=O) groups is 1. The SMILES string of the molecule is COCCNC(=O)CNS(=O)(=O)c1cc(F)ccc1F. The largest absolute Gasteiger partial charge is 0.383 e. The molecule has 0 radical (unpaired) electrons. The molecule has 1 rings (SSSR count). The van der Waals surface area contributed by atoms with Crippen molar-refractivity contribution in [2.24, 2.45) is 0 Å². The van der Waals surface area contributed by atoms with Gasteiger partial charge in [-0.1, -0.05) is 0 Å². The summed E-state index contributed by atoms with van der Waals surface area (Å²) in [6.45, 7) is -0.0929. The third-order valence-electron chi connectivity index (χ3n) is 2.23. The van der Waals surface area contributed by atoms with E-state index in [1.807, 2.05) is 4.72 Å². The summed E-state index contributed by atoms with van der Waals surface area (Å²) in [7, 11) is -2.85. The van der Waals surface area contributed by atoms with E-state index < -0.39 is 39.0 Å². The van der Waals surface area contributed by atoms with Crippen LogP contribution in [-0.4, -0.2) is 41.1 Å². The summed E-state index contributed by atoms with van der Waals surface area (Å²) in [6.07, 6.45) is 0. The van der Waals surface area contributed by atoms with Crippen LogP contribution >= 0.6 is 0 Å². The van der Waals surface area contributed by atoms with Crippen LogP contribution in [0, 0.1) is 11.6 Å². The van der Waals surface area contributed by atoms with Crippen LogP contribution in [0.15, 0.2) is 23.1 Å². The Labute approximate surface area is 115 Å². The van der Waals surface area contributed by atoms with Crippen LogP contribution in [0.25, 0.3) is 0 Å². The molecule has 0 saturated heterocycles. The first-order valence-electron chi connectivity index (χ1n) is 5.57. The van der Waals surface area contributed by atoms with Crippen molar-refractivity contribution in [3.63, 3.8) is 0 Å². The molecule has 6 nitrogen and oxygen atoms in total. The average Bonchev–Trinajstić information content (AvgIpc) is 2.39. The molecule has 0 atom stereocenters. The summed E-state index contributed by atoms with van der Waals surface area (Å²) in [4.78, 5) is 10.4. The van der Waals surface area contributed by atoms with Gasteiger partial charge in [-0.05, 0) is 18.2 Å². The molecule has 0 aliphatic heterocycles. The van der Waals surface area contributed by atoms with Crippen molar-refractivity contribution in [3.05, 3.63) is 29.8 Å². The molecule has 0 aliphatic carbocycles. The summed E-state index contributed by atoms with van der Waals surface area (Å²) in [5.74, 6) is -2.60. The van der Waals surface area contributed by atoms with E-state index in [9.17, 15) is 22.0 Å². The number of benzene rings is 1. The number of sulfonamides is 1. The Bertz CT molecular complexity index is 578. The number of nitrogens with one attached hydrogen (secondary N) is 2. The van der Waals surface area contributed by atoms with E-state index in [1.165, 1.54) is 7.11 Å². The third-order valence-corrected chi connectivity index (χ3v) is 3.65. The molecule has 0 fully saturated rings. The van der Waals surface area contributed by atoms with E-state index in [0.29, 0.717) is 12.1 Å². The zero-order valence-electron chi connectivity index (χ0n) is 10.7. The molecule has 0 aromatic heterocycles. The van der Waals surface area contributed by atoms with E-state index in [1.54, 1.807) is 0 Å². The second kappa shape index (κ2) is 7.27. The average molecular weight is 308 g/mol. The van der Waals surface area contributed by atoms with Gasteiger partial charge in [0.1, 0.15) is 16.5 Å². The lowest BCUT2D eigenvalue weighted by atomic mass is 10.3. The molecule has 1 aromatic rings. The minimum absolute atomic E-state index is 0.214. The van der Waals surface area contributed by atoms with Gasteiger partial charge in [-0.15, -0.1) is 0 Å². The van der Waals surface area contributed by atoms with Crippen molar-refractivity contribution in [3.8, 4) is 0 Å². The van der Waals surface area contributed by atoms with Gasteiger partial charge in [0.2, 0.25) is 15.9 Å². The summed E-state index contributed by atoms with van der Waals surface area (Å²) in [6, 6.07) is 2.04. The highest BCUT2D eigenvalue weighted by Gasteiger charge is 2.20. The molecule has 0 bridgehead atoms. The van der Waals surface area contributed by atoms with Gasteiger partial charge in [-0.25, -0.2) is 21.9 Å². The van der Waals surface area contributed by atoms with Crippen molar-refractivity contribution in [2.45, 2.75) is 4.90 Å². The van der Waals surface area contributed by atoms with Crippen LogP contribution in [0.2, 0.25) is 0 Å². The first-order valence-corrected chi connectivity index (χ1v) is 7.05. The Morgan fingerprint density at radius 2 is 2.05 bits per heavy atom. The number of hydrogen-bond acceptors (Lipinski definition) is 4. The zero-order valence-corrected chi connectivity index (χ0v) is 11.5. The molecule has 2 N–H and O–H groups in total. The molecule has 1 amide bonds. The maximum atomic E-state index is 13.3. The maximum absolute atomic E-state index is 13.3. The van der Waals surface area contributed by atoms with Crippen LogP contribution in [0.1, 0.15) is 0 Å². The molecular weight excluding hydrogens is 294 g/mol. The fourth-order valence-corrected chi connectivity index (χ4v) is 2.35. The molecule has 1 aromatic carbocycles. The second-order valence-corrected chi connectivity index (χ2v) is 5.48. The van der Waals surface area contributed by atoms with E-state index in [-0.39, 0.29) is 13.2 Å². The Kier molecular flexibility index (Phi) is 5.99. The number of hydrogen-bond donors (Lipinski definition) is 2. The van der Waals surface area contributed by atoms with E-state index >= 15 is 0 Å². The molecular formula is C11H14F2N2O4S. The van der Waals surface area contributed by atoms with Gasteiger partial charge in [0.15, 0.2) is 0 Å². The van der Waals surface area contributed by atoms with E-state index in [4.69, 9.17) is 4.74 Å². The van der Waals surface area contributed by atoms with Crippen molar-refractivity contribution in [1.29, 1.82) is 0 Å². The highest BCUT2D eigenvalue weighted by molar-refractivity contribution is 7.89. The molecule has 0 aliphatic rings. The van der Waals surface area contributed by atoms with Crippen LogP contribution < -0.4 is 10.0 Å².